The minimum atomic E-state index is -0.177. The van der Waals surface area contributed by atoms with Crippen molar-refractivity contribution in [3.05, 3.63) is 65.4 Å². The largest absolute Gasteiger partial charge is 0.497 e. The molecule has 1 saturated heterocycles. The second kappa shape index (κ2) is 10.6. The normalized spacial score (nSPS) is 17.9. The molecule has 2 aromatic carbocycles. The van der Waals surface area contributed by atoms with Gasteiger partial charge in [0.15, 0.2) is 5.82 Å². The molecule has 2 atom stereocenters. The van der Waals surface area contributed by atoms with Gasteiger partial charge in [0, 0.05) is 54.3 Å². The Labute approximate surface area is 200 Å². The van der Waals surface area contributed by atoms with Crippen molar-refractivity contribution in [3.63, 3.8) is 0 Å². The lowest BCUT2D eigenvalue weighted by Crippen LogP contribution is -2.54. The summed E-state index contributed by atoms with van der Waals surface area (Å²) in [6.45, 7) is 6.29. The molecule has 0 bridgehead atoms. The zero-order chi connectivity index (χ0) is 24.1. The molecule has 1 aliphatic heterocycles. The average Bonchev–Trinajstić information content (AvgIpc) is 3.29. The van der Waals surface area contributed by atoms with Gasteiger partial charge in [0.1, 0.15) is 11.5 Å². The fourth-order valence-electron chi connectivity index (χ4n) is 4.39. The Hall–Kier alpha value is -3.52. The van der Waals surface area contributed by atoms with Crippen LogP contribution in [0, 0.1) is 0 Å². The Kier molecular flexibility index (Phi) is 7.37. The Bertz CT molecular complexity index is 1080. The number of amides is 1. The van der Waals surface area contributed by atoms with E-state index in [9.17, 15) is 4.79 Å². The topological polar surface area (TPSA) is 91.5 Å². The fourth-order valence-corrected chi connectivity index (χ4v) is 4.39. The Morgan fingerprint density at radius 3 is 2.26 bits per heavy atom. The number of rotatable bonds is 8. The van der Waals surface area contributed by atoms with Crippen molar-refractivity contribution in [1.82, 2.24) is 15.5 Å². The highest BCUT2D eigenvalue weighted by atomic mass is 16.5. The highest BCUT2D eigenvalue weighted by molar-refractivity contribution is 6.03. The van der Waals surface area contributed by atoms with Crippen LogP contribution >= 0.6 is 0 Å². The molecule has 0 aliphatic carbocycles. The summed E-state index contributed by atoms with van der Waals surface area (Å²) in [7, 11) is 3.28. The third kappa shape index (κ3) is 5.88. The molecular formula is C26H33N5O3. The van der Waals surface area contributed by atoms with E-state index in [4.69, 9.17) is 9.47 Å². The summed E-state index contributed by atoms with van der Waals surface area (Å²) in [5.41, 5.74) is 3.78. The maximum atomic E-state index is 12.7. The standard InChI is InChI=1S/C26H33N5O3/c1-17-15-31(16-18(2)27-17)22-9-6-20(7-10-22)26(32)28-25-13-21(29-30-25)8-5-19-11-23(33-3)14-24(12-19)34-4/h6-7,9-14,17-18,27H,5,8,15-16H2,1-4H3,(H2,28,29,30,32)/t17-,18?/m0/s1. The molecule has 0 radical (unpaired) electrons. The van der Waals surface area contributed by atoms with Gasteiger partial charge >= 0.3 is 0 Å². The number of nitrogens with one attached hydrogen (secondary N) is 3. The van der Waals surface area contributed by atoms with E-state index in [0.29, 0.717) is 23.5 Å². The molecule has 34 heavy (non-hydrogen) atoms. The number of aryl methyl sites for hydroxylation is 2. The Morgan fingerprint density at radius 1 is 1.00 bits per heavy atom. The van der Waals surface area contributed by atoms with E-state index in [1.807, 2.05) is 48.5 Å². The molecular weight excluding hydrogens is 430 g/mol. The number of aromatic amines is 1. The summed E-state index contributed by atoms with van der Waals surface area (Å²) in [5.74, 6) is 1.86. The third-order valence-corrected chi connectivity index (χ3v) is 6.02. The SMILES string of the molecule is COc1cc(CCc2cc(NC(=O)c3ccc(N4CC(C)N[C@@H](C)C4)cc3)n[nH]2)cc(OC)c1. The van der Waals surface area contributed by atoms with E-state index < -0.39 is 0 Å². The van der Waals surface area contributed by atoms with Gasteiger partial charge in [-0.1, -0.05) is 0 Å². The minimum Gasteiger partial charge on any atom is -0.497 e. The molecule has 1 aliphatic rings. The summed E-state index contributed by atoms with van der Waals surface area (Å²) in [4.78, 5) is 15.1. The lowest BCUT2D eigenvalue weighted by molar-refractivity contribution is 0.102. The van der Waals surface area contributed by atoms with Crippen molar-refractivity contribution in [3.8, 4) is 11.5 Å². The van der Waals surface area contributed by atoms with Crippen LogP contribution in [-0.4, -0.2) is 55.5 Å². The van der Waals surface area contributed by atoms with Crippen LogP contribution in [0.1, 0.15) is 35.5 Å². The van der Waals surface area contributed by atoms with Crippen LogP contribution in [0.25, 0.3) is 0 Å². The van der Waals surface area contributed by atoms with E-state index in [1.54, 1.807) is 14.2 Å². The molecule has 1 aromatic heterocycles. The quantitative estimate of drug-likeness (QED) is 0.472. The van der Waals surface area contributed by atoms with Crippen LogP contribution in [0.2, 0.25) is 0 Å². The first kappa shape index (κ1) is 23.6. The van der Waals surface area contributed by atoms with Gasteiger partial charge in [-0.05, 0) is 68.7 Å². The molecule has 1 unspecified atom stereocenters. The number of nitrogens with zero attached hydrogens (tertiary/aromatic N) is 2. The van der Waals surface area contributed by atoms with Gasteiger partial charge in [-0.25, -0.2) is 0 Å². The number of H-pyrrole nitrogens is 1. The van der Waals surface area contributed by atoms with Crippen LogP contribution < -0.4 is 25.0 Å². The number of hydrogen-bond donors (Lipinski definition) is 3. The number of ether oxygens (including phenoxy) is 2. The molecule has 0 spiro atoms. The minimum absolute atomic E-state index is 0.177. The number of aromatic nitrogens is 2. The van der Waals surface area contributed by atoms with E-state index >= 15 is 0 Å². The van der Waals surface area contributed by atoms with Crippen molar-refractivity contribution in [2.45, 2.75) is 38.8 Å². The lowest BCUT2D eigenvalue weighted by atomic mass is 10.1. The molecule has 0 saturated carbocycles. The zero-order valence-electron chi connectivity index (χ0n) is 20.2. The molecule has 3 N–H and O–H groups in total. The first-order valence-corrected chi connectivity index (χ1v) is 11.6. The van der Waals surface area contributed by atoms with E-state index in [0.717, 1.165) is 54.4 Å². The number of carbonyl (C=O) groups is 1. The number of hydrogen-bond acceptors (Lipinski definition) is 6. The number of anilines is 2. The molecule has 2 heterocycles. The molecule has 3 aromatic rings. The molecule has 8 heteroatoms. The number of methoxy groups -OCH3 is 2. The summed E-state index contributed by atoms with van der Waals surface area (Å²) in [6.07, 6.45) is 1.53. The van der Waals surface area contributed by atoms with Gasteiger partial charge in [-0.15, -0.1) is 0 Å². The molecule has 4 rings (SSSR count). The van der Waals surface area contributed by atoms with Crippen molar-refractivity contribution in [1.29, 1.82) is 0 Å². The van der Waals surface area contributed by atoms with E-state index in [-0.39, 0.29) is 5.91 Å². The van der Waals surface area contributed by atoms with E-state index in [2.05, 4.69) is 39.6 Å². The zero-order valence-corrected chi connectivity index (χ0v) is 20.2. The summed E-state index contributed by atoms with van der Waals surface area (Å²) >= 11 is 0. The van der Waals surface area contributed by atoms with Gasteiger partial charge in [0.2, 0.25) is 0 Å². The average molecular weight is 464 g/mol. The Balaban J connectivity index is 1.33. The summed E-state index contributed by atoms with van der Waals surface area (Å²) < 4.78 is 10.7. The predicted octanol–water partition coefficient (Wildman–Crippen LogP) is 3.65. The first-order chi connectivity index (χ1) is 16.4. The maximum Gasteiger partial charge on any atom is 0.256 e. The summed E-state index contributed by atoms with van der Waals surface area (Å²) in [6, 6.07) is 16.3. The van der Waals surface area contributed by atoms with Gasteiger partial charge in [-0.2, -0.15) is 5.10 Å². The van der Waals surface area contributed by atoms with Gasteiger partial charge < -0.3 is 25.0 Å². The molecule has 1 fully saturated rings. The Morgan fingerprint density at radius 2 is 1.65 bits per heavy atom. The van der Waals surface area contributed by atoms with Gasteiger partial charge in [-0.3, -0.25) is 9.89 Å². The number of piperazine rings is 1. The van der Waals surface area contributed by atoms with Crippen LogP contribution in [0.5, 0.6) is 11.5 Å². The fraction of sp³-hybridized carbons (Fsp3) is 0.385. The highest BCUT2D eigenvalue weighted by Crippen LogP contribution is 2.24. The predicted molar refractivity (Wildman–Crippen MR) is 134 cm³/mol. The first-order valence-electron chi connectivity index (χ1n) is 11.6. The van der Waals surface area contributed by atoms with Crippen LogP contribution in [0.3, 0.4) is 0 Å². The van der Waals surface area contributed by atoms with Crippen molar-refractivity contribution < 1.29 is 14.3 Å². The van der Waals surface area contributed by atoms with Crippen LogP contribution in [0.4, 0.5) is 11.5 Å². The number of carbonyl (C=O) groups excluding carboxylic acids is 1. The second-order valence-corrected chi connectivity index (χ2v) is 8.87. The number of benzene rings is 2. The second-order valence-electron chi connectivity index (χ2n) is 8.87. The van der Waals surface area contributed by atoms with Crippen molar-refractivity contribution >= 4 is 17.4 Å². The smallest absolute Gasteiger partial charge is 0.256 e. The van der Waals surface area contributed by atoms with Crippen molar-refractivity contribution in [2.24, 2.45) is 0 Å². The highest BCUT2D eigenvalue weighted by Gasteiger charge is 2.21. The molecule has 180 valence electrons. The van der Waals surface area contributed by atoms with Gasteiger partial charge in [0.05, 0.1) is 14.2 Å². The molecule has 8 nitrogen and oxygen atoms in total. The van der Waals surface area contributed by atoms with E-state index in [1.165, 1.54) is 0 Å². The monoisotopic (exact) mass is 463 g/mol. The third-order valence-electron chi connectivity index (χ3n) is 6.02. The van der Waals surface area contributed by atoms with Crippen molar-refractivity contribution in [2.75, 3.05) is 37.5 Å². The lowest BCUT2D eigenvalue weighted by Gasteiger charge is -2.37. The van der Waals surface area contributed by atoms with Gasteiger partial charge in [0.25, 0.3) is 5.91 Å². The summed E-state index contributed by atoms with van der Waals surface area (Å²) in [5, 5.41) is 13.7. The van der Waals surface area contributed by atoms with Crippen LogP contribution in [-0.2, 0) is 12.8 Å². The maximum absolute atomic E-state index is 12.7. The van der Waals surface area contributed by atoms with Crippen LogP contribution in [0.15, 0.2) is 48.5 Å². The molecule has 1 amide bonds.